The molecule has 0 radical (unpaired) electrons. The minimum Gasteiger partial charge on any atom is -0.465 e. The molecular formula is C14H25N3O. The van der Waals surface area contributed by atoms with Gasteiger partial charge >= 0.3 is 0 Å². The van der Waals surface area contributed by atoms with Crippen LogP contribution in [0.25, 0.3) is 0 Å². The van der Waals surface area contributed by atoms with E-state index in [4.69, 9.17) is 10.2 Å². The highest BCUT2D eigenvalue weighted by atomic mass is 16.3. The maximum absolute atomic E-state index is 5.61. The van der Waals surface area contributed by atoms with Gasteiger partial charge in [0.25, 0.3) is 0 Å². The van der Waals surface area contributed by atoms with Gasteiger partial charge in [0.2, 0.25) is 0 Å². The summed E-state index contributed by atoms with van der Waals surface area (Å²) in [4.78, 5) is 5.04. The second-order valence-electron chi connectivity index (χ2n) is 5.21. The Morgan fingerprint density at radius 3 is 2.78 bits per heavy atom. The van der Waals surface area contributed by atoms with Gasteiger partial charge in [-0.1, -0.05) is 6.92 Å². The van der Waals surface area contributed by atoms with Gasteiger partial charge in [0, 0.05) is 37.8 Å². The fourth-order valence-electron chi connectivity index (χ4n) is 2.77. The van der Waals surface area contributed by atoms with Crippen LogP contribution in [-0.2, 0) is 13.1 Å². The Labute approximate surface area is 110 Å². The highest BCUT2D eigenvalue weighted by Crippen LogP contribution is 2.18. The summed E-state index contributed by atoms with van der Waals surface area (Å²) < 4.78 is 5.61. The van der Waals surface area contributed by atoms with Gasteiger partial charge in [-0.3, -0.25) is 9.80 Å². The van der Waals surface area contributed by atoms with Crippen LogP contribution in [0.1, 0.15) is 30.9 Å². The second-order valence-corrected chi connectivity index (χ2v) is 5.21. The summed E-state index contributed by atoms with van der Waals surface area (Å²) in [6, 6.07) is 2.75. The predicted octanol–water partition coefficient (Wildman–Crippen LogP) is 1.57. The molecule has 2 heterocycles. The normalized spacial score (nSPS) is 22.6. The predicted molar refractivity (Wildman–Crippen MR) is 73.3 cm³/mol. The Balaban J connectivity index is 1.95. The van der Waals surface area contributed by atoms with Crippen LogP contribution in [0.2, 0.25) is 0 Å². The van der Waals surface area contributed by atoms with Crippen LogP contribution in [-0.4, -0.2) is 42.0 Å². The number of nitrogens with zero attached hydrogens (tertiary/aromatic N) is 2. The van der Waals surface area contributed by atoms with Gasteiger partial charge in [-0.15, -0.1) is 0 Å². The molecule has 4 heteroatoms. The molecule has 1 aliphatic heterocycles. The Kier molecular flexibility index (Phi) is 4.43. The van der Waals surface area contributed by atoms with Crippen LogP contribution in [0, 0.1) is 6.92 Å². The lowest BCUT2D eigenvalue weighted by Gasteiger charge is -2.39. The number of piperazine rings is 1. The topological polar surface area (TPSA) is 45.6 Å². The van der Waals surface area contributed by atoms with E-state index < -0.39 is 0 Å². The van der Waals surface area contributed by atoms with Gasteiger partial charge in [-0.2, -0.15) is 0 Å². The quantitative estimate of drug-likeness (QED) is 0.882. The molecular weight excluding hydrogens is 226 g/mol. The Morgan fingerprint density at radius 2 is 2.22 bits per heavy atom. The van der Waals surface area contributed by atoms with Crippen molar-refractivity contribution in [3.05, 3.63) is 23.2 Å². The Bertz CT molecular complexity index is 388. The van der Waals surface area contributed by atoms with E-state index in [2.05, 4.69) is 29.7 Å². The van der Waals surface area contributed by atoms with Gasteiger partial charge in [-0.25, -0.2) is 0 Å². The van der Waals surface area contributed by atoms with Crippen LogP contribution in [0.3, 0.4) is 0 Å². The van der Waals surface area contributed by atoms with E-state index in [1.807, 2.05) is 6.92 Å². The van der Waals surface area contributed by atoms with E-state index in [0.717, 1.165) is 44.2 Å². The molecule has 1 aliphatic rings. The molecule has 0 saturated carbocycles. The van der Waals surface area contributed by atoms with Gasteiger partial charge in [-0.05, 0) is 26.5 Å². The zero-order chi connectivity index (χ0) is 13.1. The van der Waals surface area contributed by atoms with E-state index in [0.29, 0.717) is 12.6 Å². The number of nitrogens with two attached hydrogens (primary N) is 1. The lowest BCUT2D eigenvalue weighted by atomic mass is 10.1. The molecule has 0 aromatic carbocycles. The van der Waals surface area contributed by atoms with Crippen molar-refractivity contribution in [1.29, 1.82) is 0 Å². The summed E-state index contributed by atoms with van der Waals surface area (Å²) in [6.45, 7) is 12.6. The van der Waals surface area contributed by atoms with E-state index in [1.54, 1.807) is 0 Å². The van der Waals surface area contributed by atoms with Gasteiger partial charge in [0.1, 0.15) is 11.5 Å². The highest BCUT2D eigenvalue weighted by molar-refractivity contribution is 5.20. The van der Waals surface area contributed by atoms with Crippen LogP contribution < -0.4 is 5.73 Å². The maximum Gasteiger partial charge on any atom is 0.118 e. The number of hydrogen-bond acceptors (Lipinski definition) is 4. The second kappa shape index (κ2) is 5.87. The summed E-state index contributed by atoms with van der Waals surface area (Å²) in [6.07, 6.45) is 0. The summed E-state index contributed by atoms with van der Waals surface area (Å²) in [5, 5.41) is 0. The fraction of sp³-hybridized carbons (Fsp3) is 0.714. The third kappa shape index (κ3) is 2.94. The minimum atomic E-state index is 0.487. The SMILES string of the molecule is CCN1CCN(Cc2cc(CN)oc2C)CC1C. The average Bonchev–Trinajstić information content (AvgIpc) is 2.70. The van der Waals surface area contributed by atoms with Crippen molar-refractivity contribution in [2.45, 2.75) is 39.9 Å². The maximum atomic E-state index is 5.61. The summed E-state index contributed by atoms with van der Waals surface area (Å²) >= 11 is 0. The monoisotopic (exact) mass is 251 g/mol. The Morgan fingerprint density at radius 1 is 1.44 bits per heavy atom. The molecule has 0 spiro atoms. The largest absolute Gasteiger partial charge is 0.465 e. The number of furan rings is 1. The first-order valence-electron chi connectivity index (χ1n) is 6.88. The molecule has 4 nitrogen and oxygen atoms in total. The van der Waals surface area contributed by atoms with E-state index >= 15 is 0 Å². The van der Waals surface area contributed by atoms with E-state index in [1.165, 1.54) is 5.56 Å². The first-order chi connectivity index (χ1) is 8.63. The van der Waals surface area contributed by atoms with Crippen molar-refractivity contribution >= 4 is 0 Å². The summed E-state index contributed by atoms with van der Waals surface area (Å²) in [7, 11) is 0. The number of rotatable bonds is 4. The molecule has 102 valence electrons. The molecule has 2 N–H and O–H groups in total. The smallest absolute Gasteiger partial charge is 0.118 e. The average molecular weight is 251 g/mol. The highest BCUT2D eigenvalue weighted by Gasteiger charge is 2.23. The lowest BCUT2D eigenvalue weighted by Crippen LogP contribution is -2.51. The van der Waals surface area contributed by atoms with Gasteiger partial charge in [0.05, 0.1) is 6.54 Å². The van der Waals surface area contributed by atoms with Gasteiger partial charge < -0.3 is 10.2 Å². The third-order valence-electron chi connectivity index (χ3n) is 3.92. The van der Waals surface area contributed by atoms with E-state index in [-0.39, 0.29) is 0 Å². The van der Waals surface area contributed by atoms with E-state index in [9.17, 15) is 0 Å². The van der Waals surface area contributed by atoms with Crippen LogP contribution >= 0.6 is 0 Å². The van der Waals surface area contributed by atoms with Crippen molar-refractivity contribution in [2.24, 2.45) is 5.73 Å². The van der Waals surface area contributed by atoms with Crippen molar-refractivity contribution in [3.63, 3.8) is 0 Å². The molecule has 1 fully saturated rings. The first kappa shape index (κ1) is 13.6. The zero-order valence-electron chi connectivity index (χ0n) is 11.8. The molecule has 0 aliphatic carbocycles. The molecule has 0 amide bonds. The first-order valence-corrected chi connectivity index (χ1v) is 6.88. The zero-order valence-corrected chi connectivity index (χ0v) is 11.8. The third-order valence-corrected chi connectivity index (χ3v) is 3.92. The molecule has 1 aromatic rings. The van der Waals surface area contributed by atoms with Crippen molar-refractivity contribution < 1.29 is 4.42 Å². The van der Waals surface area contributed by atoms with Crippen LogP contribution in [0.4, 0.5) is 0 Å². The van der Waals surface area contributed by atoms with Crippen LogP contribution in [0.5, 0.6) is 0 Å². The van der Waals surface area contributed by atoms with Crippen LogP contribution in [0.15, 0.2) is 10.5 Å². The molecule has 1 saturated heterocycles. The fourth-order valence-corrected chi connectivity index (χ4v) is 2.77. The number of hydrogen-bond donors (Lipinski definition) is 1. The van der Waals surface area contributed by atoms with Crippen molar-refractivity contribution in [3.8, 4) is 0 Å². The molecule has 1 atom stereocenters. The van der Waals surface area contributed by atoms with Crippen molar-refractivity contribution in [1.82, 2.24) is 9.80 Å². The molecule has 18 heavy (non-hydrogen) atoms. The summed E-state index contributed by atoms with van der Waals surface area (Å²) in [5.74, 6) is 1.91. The molecule has 1 aromatic heterocycles. The number of likely N-dealkylation sites (N-methyl/N-ethyl adjacent to an activating group) is 1. The standard InChI is InChI=1S/C14H25N3O/c1-4-17-6-5-16(9-11(17)2)10-13-7-14(8-15)18-12(13)3/h7,11H,4-6,8-10,15H2,1-3H3. The lowest BCUT2D eigenvalue weighted by molar-refractivity contribution is 0.0831. The molecule has 2 rings (SSSR count). The summed E-state index contributed by atoms with van der Waals surface area (Å²) in [5.41, 5.74) is 6.89. The molecule has 1 unspecified atom stereocenters. The molecule has 0 bridgehead atoms. The van der Waals surface area contributed by atoms with Gasteiger partial charge in [0.15, 0.2) is 0 Å². The minimum absolute atomic E-state index is 0.487. The van der Waals surface area contributed by atoms with Crippen molar-refractivity contribution in [2.75, 3.05) is 26.2 Å². The number of aryl methyl sites for hydroxylation is 1. The Hall–Kier alpha value is -0.840.